The molecule has 2 heterocycles. The highest BCUT2D eigenvalue weighted by molar-refractivity contribution is 6.30. The van der Waals surface area contributed by atoms with Crippen molar-refractivity contribution in [2.24, 2.45) is 0 Å². The average Bonchev–Trinajstić information content (AvgIpc) is 3.36. The molecule has 0 aliphatic carbocycles. The summed E-state index contributed by atoms with van der Waals surface area (Å²) in [5, 5.41) is 0.602. The second-order valence-corrected chi connectivity index (χ2v) is 10.1. The number of imide groups is 2. The summed E-state index contributed by atoms with van der Waals surface area (Å²) in [5.74, 6) is -1.69. The zero-order valence-corrected chi connectivity index (χ0v) is 22.2. The summed E-state index contributed by atoms with van der Waals surface area (Å²) < 4.78 is 0. The number of carbonyl (C=O) groups is 4. The maximum Gasteiger partial charge on any atom is 0.258 e. The van der Waals surface area contributed by atoms with E-state index in [1.54, 1.807) is 0 Å². The molecular formula is C31H25ClN2O4. The summed E-state index contributed by atoms with van der Waals surface area (Å²) in [7, 11) is 0. The minimum atomic E-state index is -0.365. The highest BCUT2D eigenvalue weighted by Gasteiger charge is 2.31. The van der Waals surface area contributed by atoms with Gasteiger partial charge in [0, 0.05) is 35.2 Å². The first kappa shape index (κ1) is 25.4. The van der Waals surface area contributed by atoms with Crippen molar-refractivity contribution in [3.8, 4) is 0 Å². The predicted molar refractivity (Wildman–Crippen MR) is 147 cm³/mol. The van der Waals surface area contributed by atoms with E-state index in [0.717, 1.165) is 38.9 Å². The fraction of sp³-hybridized carbons (Fsp3) is 0.161. The van der Waals surface area contributed by atoms with Crippen LogP contribution in [0, 0.1) is 27.7 Å². The van der Waals surface area contributed by atoms with Gasteiger partial charge in [-0.15, -0.1) is 0 Å². The Morgan fingerprint density at radius 2 is 0.947 bits per heavy atom. The summed E-state index contributed by atoms with van der Waals surface area (Å²) in [6, 6.07) is 15.1. The van der Waals surface area contributed by atoms with Gasteiger partial charge in [0.25, 0.3) is 23.6 Å². The van der Waals surface area contributed by atoms with E-state index in [2.05, 4.69) is 0 Å². The Bertz CT molecular complexity index is 1440. The van der Waals surface area contributed by atoms with Crippen molar-refractivity contribution in [2.75, 3.05) is 9.80 Å². The van der Waals surface area contributed by atoms with Gasteiger partial charge in [-0.2, -0.15) is 0 Å². The number of hydrogen-bond donors (Lipinski definition) is 0. The van der Waals surface area contributed by atoms with Crippen molar-refractivity contribution in [3.05, 3.63) is 117 Å². The van der Waals surface area contributed by atoms with E-state index in [1.807, 2.05) is 76.2 Å². The summed E-state index contributed by atoms with van der Waals surface area (Å²) in [5.41, 5.74) is 7.72. The topological polar surface area (TPSA) is 74.8 Å². The van der Waals surface area contributed by atoms with Crippen LogP contribution in [0.4, 0.5) is 11.4 Å². The standard InChI is InChI=1S/C31H25ClN2O4/c1-17-12-23(33-25(35)8-9-26(33)36)13-18(2)29(17)31(21-6-5-7-22(32)16-21)30-19(3)14-24(15-20(30)4)34-27(37)10-11-28(34)38/h5-16,31H,1-4H3. The van der Waals surface area contributed by atoms with E-state index in [4.69, 9.17) is 11.6 Å². The molecule has 5 rings (SSSR count). The monoisotopic (exact) mass is 524 g/mol. The van der Waals surface area contributed by atoms with Crippen LogP contribution in [0.5, 0.6) is 0 Å². The highest BCUT2D eigenvalue weighted by Crippen LogP contribution is 2.42. The number of aryl methyl sites for hydroxylation is 4. The fourth-order valence-electron chi connectivity index (χ4n) is 5.55. The Balaban J connectivity index is 1.69. The van der Waals surface area contributed by atoms with Crippen molar-refractivity contribution in [2.45, 2.75) is 33.6 Å². The molecule has 6 nitrogen and oxygen atoms in total. The zero-order valence-electron chi connectivity index (χ0n) is 21.4. The summed E-state index contributed by atoms with van der Waals surface area (Å²) in [6.07, 6.45) is 5.09. The molecular weight excluding hydrogens is 500 g/mol. The Kier molecular flexibility index (Phi) is 6.37. The lowest BCUT2D eigenvalue weighted by Gasteiger charge is -2.28. The van der Waals surface area contributed by atoms with Crippen LogP contribution in [-0.4, -0.2) is 23.6 Å². The van der Waals surface area contributed by atoms with Gasteiger partial charge in [0.15, 0.2) is 0 Å². The fourth-order valence-corrected chi connectivity index (χ4v) is 5.74. The molecule has 190 valence electrons. The lowest BCUT2D eigenvalue weighted by Crippen LogP contribution is -2.30. The van der Waals surface area contributed by atoms with Gasteiger partial charge in [-0.1, -0.05) is 23.7 Å². The van der Waals surface area contributed by atoms with Crippen LogP contribution in [0.15, 0.2) is 72.8 Å². The molecule has 38 heavy (non-hydrogen) atoms. The lowest BCUT2D eigenvalue weighted by molar-refractivity contribution is -0.121. The van der Waals surface area contributed by atoms with Crippen LogP contribution in [0.1, 0.15) is 44.9 Å². The number of rotatable bonds is 5. The van der Waals surface area contributed by atoms with Gasteiger partial charge < -0.3 is 0 Å². The number of carbonyl (C=O) groups excluding carboxylic acids is 4. The Morgan fingerprint density at radius 1 is 0.579 bits per heavy atom. The maximum absolute atomic E-state index is 12.3. The third-order valence-electron chi connectivity index (χ3n) is 7.05. The molecule has 3 aromatic carbocycles. The minimum Gasteiger partial charge on any atom is -0.269 e. The molecule has 0 bridgehead atoms. The van der Waals surface area contributed by atoms with Crippen molar-refractivity contribution in [1.29, 1.82) is 0 Å². The van der Waals surface area contributed by atoms with Crippen molar-refractivity contribution >= 4 is 46.6 Å². The molecule has 0 unspecified atom stereocenters. The Morgan fingerprint density at radius 3 is 1.29 bits per heavy atom. The molecule has 0 N–H and O–H groups in total. The van der Waals surface area contributed by atoms with E-state index in [9.17, 15) is 19.2 Å². The second-order valence-electron chi connectivity index (χ2n) is 9.66. The third kappa shape index (κ3) is 4.27. The van der Waals surface area contributed by atoms with Gasteiger partial charge in [-0.3, -0.25) is 19.2 Å². The molecule has 0 fully saturated rings. The van der Waals surface area contributed by atoms with Crippen molar-refractivity contribution < 1.29 is 19.2 Å². The molecule has 4 amide bonds. The van der Waals surface area contributed by atoms with E-state index >= 15 is 0 Å². The molecule has 0 aromatic heterocycles. The third-order valence-corrected chi connectivity index (χ3v) is 7.29. The molecule has 0 spiro atoms. The van der Waals surface area contributed by atoms with Crippen LogP contribution in [0.2, 0.25) is 5.02 Å². The molecule has 0 atom stereocenters. The van der Waals surface area contributed by atoms with Gasteiger partial charge in [-0.05, 0) is 103 Å². The smallest absolute Gasteiger partial charge is 0.258 e. The first-order chi connectivity index (χ1) is 18.1. The quantitative estimate of drug-likeness (QED) is 0.321. The number of hydrogen-bond acceptors (Lipinski definition) is 4. The zero-order chi connectivity index (χ0) is 27.3. The summed E-state index contributed by atoms with van der Waals surface area (Å²) >= 11 is 6.43. The summed E-state index contributed by atoms with van der Waals surface area (Å²) in [6.45, 7) is 7.87. The summed E-state index contributed by atoms with van der Waals surface area (Å²) in [4.78, 5) is 51.7. The minimum absolute atomic E-state index is 0.233. The van der Waals surface area contributed by atoms with Crippen LogP contribution in [0.25, 0.3) is 0 Å². The average molecular weight is 525 g/mol. The van der Waals surface area contributed by atoms with Crippen LogP contribution >= 0.6 is 11.6 Å². The second kappa shape index (κ2) is 9.54. The van der Waals surface area contributed by atoms with E-state index < -0.39 is 0 Å². The largest absolute Gasteiger partial charge is 0.269 e. The van der Waals surface area contributed by atoms with Gasteiger partial charge >= 0.3 is 0 Å². The van der Waals surface area contributed by atoms with Gasteiger partial charge in [-0.25, -0.2) is 9.80 Å². The maximum atomic E-state index is 12.3. The van der Waals surface area contributed by atoms with Crippen molar-refractivity contribution in [1.82, 2.24) is 0 Å². The van der Waals surface area contributed by atoms with Crippen LogP contribution < -0.4 is 9.80 Å². The first-order valence-corrected chi connectivity index (χ1v) is 12.5. The van der Waals surface area contributed by atoms with E-state index in [-0.39, 0.29) is 29.5 Å². The van der Waals surface area contributed by atoms with Crippen LogP contribution in [-0.2, 0) is 19.2 Å². The van der Waals surface area contributed by atoms with Gasteiger partial charge in [0.2, 0.25) is 0 Å². The lowest BCUT2D eigenvalue weighted by atomic mass is 9.77. The Labute approximate surface area is 225 Å². The SMILES string of the molecule is Cc1cc(N2C(=O)C=CC2=O)cc(C)c1C(c1cccc(Cl)c1)c1c(C)cc(N2C(=O)C=CC2=O)cc1C. The Hall–Kier alpha value is -4.29. The molecule has 2 aliphatic heterocycles. The van der Waals surface area contributed by atoms with Crippen molar-refractivity contribution in [3.63, 3.8) is 0 Å². The molecule has 3 aromatic rings. The van der Waals surface area contributed by atoms with Crippen LogP contribution in [0.3, 0.4) is 0 Å². The highest BCUT2D eigenvalue weighted by atomic mass is 35.5. The normalized spacial score (nSPS) is 15.1. The molecule has 0 saturated heterocycles. The van der Waals surface area contributed by atoms with Gasteiger partial charge in [0.05, 0.1) is 11.4 Å². The predicted octanol–water partition coefficient (Wildman–Crippen LogP) is 5.61. The number of anilines is 2. The first-order valence-electron chi connectivity index (χ1n) is 12.2. The molecule has 7 heteroatoms. The molecule has 2 aliphatic rings. The van der Waals surface area contributed by atoms with E-state index in [0.29, 0.717) is 16.4 Å². The number of nitrogens with zero attached hydrogens (tertiary/aromatic N) is 2. The van der Waals surface area contributed by atoms with E-state index in [1.165, 1.54) is 34.1 Å². The number of benzene rings is 3. The molecule has 0 saturated carbocycles. The molecule has 0 radical (unpaired) electrons. The van der Waals surface area contributed by atoms with Gasteiger partial charge in [0.1, 0.15) is 0 Å². The number of halogens is 1. The number of amides is 4.